The Morgan fingerprint density at radius 3 is 2.26 bits per heavy atom. The summed E-state index contributed by atoms with van der Waals surface area (Å²) in [5.74, 6) is 1.10. The van der Waals surface area contributed by atoms with Gasteiger partial charge in [0, 0.05) is 25.9 Å². The Balaban J connectivity index is 1.31. The van der Waals surface area contributed by atoms with Crippen molar-refractivity contribution in [1.29, 1.82) is 0 Å². The molecular weight excluding hydrogens is 455 g/mol. The fourth-order valence-electron chi connectivity index (χ4n) is 4.92. The summed E-state index contributed by atoms with van der Waals surface area (Å²) in [7, 11) is 0. The number of fused-ring (bicyclic) bond motifs is 1. The first-order valence-corrected chi connectivity index (χ1v) is 11.8. The first kappa shape index (κ1) is 23.3. The number of hydrogen-bond acceptors (Lipinski definition) is 3. The molecule has 2 aliphatic heterocycles. The van der Waals surface area contributed by atoms with Gasteiger partial charge in [0.25, 0.3) is 5.91 Å². The number of para-hydroxylation sites is 1. The molecule has 7 heteroatoms. The highest BCUT2D eigenvalue weighted by molar-refractivity contribution is 5.81. The van der Waals surface area contributed by atoms with E-state index in [1.807, 2.05) is 59.5 Å². The molecule has 182 valence electrons. The van der Waals surface area contributed by atoms with Crippen LogP contribution in [-0.4, -0.2) is 30.0 Å². The maximum atomic E-state index is 13.3. The lowest BCUT2D eigenvalue weighted by Gasteiger charge is -2.43. The maximum absolute atomic E-state index is 13.3. The number of hydrogen-bond donors (Lipinski definition) is 0. The van der Waals surface area contributed by atoms with Crippen molar-refractivity contribution in [2.24, 2.45) is 0 Å². The Labute approximate surface area is 202 Å². The summed E-state index contributed by atoms with van der Waals surface area (Å²) < 4.78 is 51.3. The van der Waals surface area contributed by atoms with Crippen molar-refractivity contribution in [3.8, 4) is 11.5 Å². The lowest BCUT2D eigenvalue weighted by atomic mass is 9.83. The quantitative estimate of drug-likeness (QED) is 0.459. The molecule has 35 heavy (non-hydrogen) atoms. The summed E-state index contributed by atoms with van der Waals surface area (Å²) in [6.07, 6.45) is -2.43. The minimum atomic E-state index is -4.40. The first-order valence-electron chi connectivity index (χ1n) is 11.8. The third-order valence-electron chi connectivity index (χ3n) is 6.87. The number of amides is 1. The number of benzene rings is 3. The smallest absolute Gasteiger partial charge is 0.416 e. The van der Waals surface area contributed by atoms with Crippen LogP contribution >= 0.6 is 0 Å². The Morgan fingerprint density at radius 1 is 0.914 bits per heavy atom. The molecule has 0 aromatic heterocycles. The zero-order valence-electron chi connectivity index (χ0n) is 19.1. The van der Waals surface area contributed by atoms with Gasteiger partial charge in [-0.05, 0) is 54.3 Å². The van der Waals surface area contributed by atoms with E-state index in [0.717, 1.165) is 35.4 Å². The second-order valence-corrected chi connectivity index (χ2v) is 9.06. The number of nitrogens with zero attached hydrogens (tertiary/aromatic N) is 1. The van der Waals surface area contributed by atoms with Crippen LogP contribution in [-0.2, 0) is 23.0 Å². The van der Waals surface area contributed by atoms with Gasteiger partial charge in [0.2, 0.25) is 0 Å². The van der Waals surface area contributed by atoms with Crippen molar-refractivity contribution in [1.82, 2.24) is 4.90 Å². The van der Waals surface area contributed by atoms with Gasteiger partial charge in [-0.1, -0.05) is 48.5 Å². The average Bonchev–Trinajstić information content (AvgIpc) is 2.89. The first-order chi connectivity index (χ1) is 16.8. The number of ether oxygens (including phenoxy) is 2. The fourth-order valence-corrected chi connectivity index (χ4v) is 4.92. The van der Waals surface area contributed by atoms with Gasteiger partial charge in [0.15, 0.2) is 6.10 Å². The molecule has 1 unspecified atom stereocenters. The lowest BCUT2D eigenvalue weighted by Crippen LogP contribution is -2.51. The van der Waals surface area contributed by atoms with Gasteiger partial charge in [-0.15, -0.1) is 0 Å². The van der Waals surface area contributed by atoms with E-state index < -0.39 is 23.4 Å². The molecule has 0 aliphatic carbocycles. The number of alkyl halides is 3. The van der Waals surface area contributed by atoms with Gasteiger partial charge >= 0.3 is 6.18 Å². The minimum absolute atomic E-state index is 0.0318. The molecule has 3 aromatic rings. The molecule has 2 aliphatic rings. The van der Waals surface area contributed by atoms with Gasteiger partial charge in [-0.2, -0.15) is 13.2 Å². The maximum Gasteiger partial charge on any atom is 0.416 e. The zero-order valence-corrected chi connectivity index (χ0v) is 19.1. The molecule has 0 N–H and O–H groups in total. The highest BCUT2D eigenvalue weighted by Crippen LogP contribution is 2.39. The molecule has 0 radical (unpaired) electrons. The van der Waals surface area contributed by atoms with Crippen molar-refractivity contribution < 1.29 is 27.4 Å². The second-order valence-electron chi connectivity index (χ2n) is 9.06. The van der Waals surface area contributed by atoms with E-state index in [9.17, 15) is 18.0 Å². The topological polar surface area (TPSA) is 38.8 Å². The normalized spacial score (nSPS) is 19.4. The Morgan fingerprint density at radius 2 is 1.57 bits per heavy atom. The number of carbonyl (C=O) groups is 1. The molecule has 1 atom stereocenters. The monoisotopic (exact) mass is 481 g/mol. The van der Waals surface area contributed by atoms with Gasteiger partial charge in [-0.3, -0.25) is 4.79 Å². The van der Waals surface area contributed by atoms with Crippen molar-refractivity contribution in [3.63, 3.8) is 0 Å². The number of aryl methyl sites for hydroxylation is 1. The molecule has 5 rings (SSSR count). The fraction of sp³-hybridized carbons (Fsp3) is 0.321. The number of halogens is 3. The summed E-state index contributed by atoms with van der Waals surface area (Å²) in [6, 6.07) is 22.2. The number of carbonyl (C=O) groups excluding carboxylic acids is 1. The Hall–Kier alpha value is -3.48. The lowest BCUT2D eigenvalue weighted by molar-refractivity contribution is -0.143. The predicted molar refractivity (Wildman–Crippen MR) is 125 cm³/mol. The molecule has 0 bridgehead atoms. The summed E-state index contributed by atoms with van der Waals surface area (Å²) in [5.41, 5.74) is 0.601. The molecule has 2 heterocycles. The number of rotatable bonds is 4. The largest absolute Gasteiger partial charge is 0.482 e. The predicted octanol–water partition coefficient (Wildman–Crippen LogP) is 6.00. The summed E-state index contributed by atoms with van der Waals surface area (Å²) in [4.78, 5) is 15.1. The van der Waals surface area contributed by atoms with E-state index in [0.29, 0.717) is 38.1 Å². The molecule has 3 aromatic carbocycles. The van der Waals surface area contributed by atoms with E-state index in [-0.39, 0.29) is 5.91 Å². The minimum Gasteiger partial charge on any atom is -0.482 e. The van der Waals surface area contributed by atoms with Crippen LogP contribution in [0.4, 0.5) is 13.2 Å². The van der Waals surface area contributed by atoms with E-state index in [1.54, 1.807) is 0 Å². The third kappa shape index (κ3) is 4.85. The van der Waals surface area contributed by atoms with Crippen molar-refractivity contribution in [2.75, 3.05) is 13.1 Å². The van der Waals surface area contributed by atoms with E-state index >= 15 is 0 Å². The van der Waals surface area contributed by atoms with Crippen LogP contribution in [0.1, 0.15) is 36.0 Å². The number of likely N-dealkylation sites (tertiary alicyclic amines) is 1. The van der Waals surface area contributed by atoms with Crippen LogP contribution < -0.4 is 9.47 Å². The van der Waals surface area contributed by atoms with Gasteiger partial charge in [0.1, 0.15) is 17.1 Å². The van der Waals surface area contributed by atoms with E-state index in [2.05, 4.69) is 0 Å². The second kappa shape index (κ2) is 9.29. The molecular formula is C28H26F3NO3. The standard InChI is InChI=1S/C28H26F3NO3/c29-28(30,31)22-11-13-23(14-12-22)35-27(21-7-2-1-3-8-21)16-18-32(19-17-27)26(33)25-15-10-20-6-4-5-9-24(20)34-25/h1-9,11-14,25H,10,15-19H2. The van der Waals surface area contributed by atoms with E-state index in [1.165, 1.54) is 12.1 Å². The van der Waals surface area contributed by atoms with Crippen molar-refractivity contribution in [3.05, 3.63) is 95.6 Å². The highest BCUT2D eigenvalue weighted by Gasteiger charge is 2.41. The molecule has 1 saturated heterocycles. The van der Waals surface area contributed by atoms with Gasteiger partial charge < -0.3 is 14.4 Å². The average molecular weight is 482 g/mol. The zero-order chi connectivity index (χ0) is 24.5. The van der Waals surface area contributed by atoms with Crippen LogP contribution in [0.2, 0.25) is 0 Å². The summed E-state index contributed by atoms with van der Waals surface area (Å²) >= 11 is 0. The molecule has 0 spiro atoms. The molecule has 1 amide bonds. The van der Waals surface area contributed by atoms with Gasteiger partial charge in [0.05, 0.1) is 5.56 Å². The summed E-state index contributed by atoms with van der Waals surface area (Å²) in [6.45, 7) is 0.936. The van der Waals surface area contributed by atoms with Crippen molar-refractivity contribution >= 4 is 5.91 Å². The van der Waals surface area contributed by atoms with E-state index in [4.69, 9.17) is 9.47 Å². The molecule has 1 fully saturated rings. The number of piperidine rings is 1. The Bertz CT molecular complexity index is 1170. The van der Waals surface area contributed by atoms with Gasteiger partial charge in [-0.25, -0.2) is 0 Å². The van der Waals surface area contributed by atoms with Crippen LogP contribution in [0.3, 0.4) is 0 Å². The van der Waals surface area contributed by atoms with Crippen LogP contribution in [0.15, 0.2) is 78.9 Å². The third-order valence-corrected chi connectivity index (χ3v) is 6.87. The summed E-state index contributed by atoms with van der Waals surface area (Å²) in [5, 5.41) is 0. The molecule has 4 nitrogen and oxygen atoms in total. The van der Waals surface area contributed by atoms with Crippen LogP contribution in [0.5, 0.6) is 11.5 Å². The molecule has 0 saturated carbocycles. The SMILES string of the molecule is O=C(C1CCc2ccccc2O1)N1CCC(Oc2ccc(C(F)(F)F)cc2)(c2ccccc2)CC1. The van der Waals surface area contributed by atoms with Crippen LogP contribution in [0, 0.1) is 0 Å². The Kier molecular flexibility index (Phi) is 6.17. The van der Waals surface area contributed by atoms with Crippen molar-refractivity contribution in [2.45, 2.75) is 43.6 Å². The van der Waals surface area contributed by atoms with Crippen LogP contribution in [0.25, 0.3) is 0 Å². The highest BCUT2D eigenvalue weighted by atomic mass is 19.4.